The maximum absolute atomic E-state index is 12.8. The summed E-state index contributed by atoms with van der Waals surface area (Å²) in [5.41, 5.74) is 4.26. The SMILES string of the molecule is CC[C@]12CO[C@@H](C1O[P@@]1O[C@H](c3ccccc3)[C@@H]3CCCN31)[C@H](n1cnc3c(NC(=O)c4ccccc4)ncnc31)O2.CC[C@]12CO[C@@H](C1O[P@]1O[C@@H](c3ccccc3)[C@H]3CCCN31)[C@H](n1cnc3c(NC(=O)c4ccccc4)ncnc31)O2. The number of ether oxygens (including phenoxy) is 4. The number of nitrogens with zero attached hydrogens (tertiary/aromatic N) is 10. The maximum Gasteiger partial charge on any atom is 0.260 e. The Kier molecular flexibility index (Phi) is 14.4. The topological polar surface area (TPSA) is 226 Å². The molecule has 0 saturated carbocycles. The molecule has 22 nitrogen and oxygen atoms in total. The van der Waals surface area contributed by atoms with Crippen molar-refractivity contribution in [1.82, 2.24) is 48.4 Å². The molecule has 8 aliphatic heterocycles. The molecule has 8 fully saturated rings. The van der Waals surface area contributed by atoms with Crippen LogP contribution in [0.25, 0.3) is 22.3 Å². The second-order valence-corrected chi connectivity index (χ2v) is 25.1. The molecule has 16 rings (SSSR count). The molecule has 432 valence electrons. The first-order chi connectivity index (χ1) is 41.3. The van der Waals surface area contributed by atoms with Crippen LogP contribution in [0.15, 0.2) is 147 Å². The van der Waals surface area contributed by atoms with Gasteiger partial charge in [0, 0.05) is 36.3 Å². The molecule has 0 aliphatic carbocycles. The van der Waals surface area contributed by atoms with E-state index < -0.39 is 40.7 Å². The number of fused-ring (bicyclic) bond motifs is 8. The number of anilines is 2. The zero-order valence-electron chi connectivity index (χ0n) is 46.2. The summed E-state index contributed by atoms with van der Waals surface area (Å²) in [5, 5.41) is 5.74. The molecule has 84 heavy (non-hydrogen) atoms. The normalized spacial score (nSPS) is 32.0. The van der Waals surface area contributed by atoms with Gasteiger partial charge < -0.3 is 47.7 Å². The Morgan fingerprint density at radius 1 is 0.560 bits per heavy atom. The molecule has 2 unspecified atom stereocenters. The van der Waals surface area contributed by atoms with E-state index in [4.69, 9.17) is 37.0 Å². The molecule has 4 aromatic carbocycles. The molecule has 14 atom stereocenters. The molecule has 2 N–H and O–H groups in total. The third kappa shape index (κ3) is 9.33. The molecule has 12 heterocycles. The number of hydrogen-bond acceptors (Lipinski definition) is 18. The largest absolute Gasteiger partial charge is 0.368 e. The van der Waals surface area contributed by atoms with Gasteiger partial charge in [0.2, 0.25) is 0 Å². The smallest absolute Gasteiger partial charge is 0.260 e. The Morgan fingerprint density at radius 3 is 1.37 bits per heavy atom. The summed E-state index contributed by atoms with van der Waals surface area (Å²) in [7, 11) is -2.57. The van der Waals surface area contributed by atoms with Gasteiger partial charge in [0.1, 0.15) is 60.5 Å². The molecule has 4 bridgehead atoms. The minimum Gasteiger partial charge on any atom is -0.368 e. The summed E-state index contributed by atoms with van der Waals surface area (Å²) in [6.45, 7) is 7.02. The Labute approximate surface area is 486 Å². The van der Waals surface area contributed by atoms with Crippen molar-refractivity contribution < 1.29 is 46.6 Å². The predicted octanol–water partition coefficient (Wildman–Crippen LogP) is 10.0. The molecule has 8 aromatic rings. The highest BCUT2D eigenvalue weighted by Gasteiger charge is 2.66. The maximum atomic E-state index is 12.8. The van der Waals surface area contributed by atoms with Gasteiger partial charge in [-0.25, -0.2) is 39.2 Å². The third-order valence-corrected chi connectivity index (χ3v) is 21.1. The summed E-state index contributed by atoms with van der Waals surface area (Å²) in [6, 6.07) is 39.5. The second-order valence-electron chi connectivity index (χ2n) is 22.3. The van der Waals surface area contributed by atoms with E-state index in [2.05, 4.69) is 112 Å². The van der Waals surface area contributed by atoms with Gasteiger partial charge in [-0.1, -0.05) is 111 Å². The van der Waals surface area contributed by atoms with Gasteiger partial charge in [-0.3, -0.25) is 18.7 Å². The fraction of sp³-hybridized carbons (Fsp3) is 0.400. The van der Waals surface area contributed by atoms with Gasteiger partial charge >= 0.3 is 0 Å². The number of hydrogen-bond donors (Lipinski definition) is 2. The van der Waals surface area contributed by atoms with Crippen molar-refractivity contribution in [2.75, 3.05) is 36.9 Å². The first-order valence-electron chi connectivity index (χ1n) is 28.9. The van der Waals surface area contributed by atoms with E-state index in [-0.39, 0.29) is 48.4 Å². The lowest BCUT2D eigenvalue weighted by atomic mass is 9.96. The summed E-state index contributed by atoms with van der Waals surface area (Å²) in [5.74, 6) is 0.140. The monoisotopic (exact) mass is 1170 g/mol. The second kappa shape index (κ2) is 22.3. The minimum atomic E-state index is -1.28. The average molecular weight is 1170 g/mol. The van der Waals surface area contributed by atoms with Crippen LogP contribution in [0.1, 0.15) is 109 Å². The molecule has 2 amide bonds. The number of rotatable bonds is 14. The standard InChI is InChI=1S/2C30H31N6O5P/c2*1-2-30-16-38-24(25(30)41-42-36-15-9-14-21(36)23(40-42)19-10-5-3-6-11-19)29(39-30)35-18-33-22-26(31-17-32-27(22)35)34-28(37)20-12-7-4-8-13-20/h2*3-8,10-13,17-18,21,23-25,29H,2,9,14-16H2,1H3,(H,31,32,34,37)/t21-,23+,24+,25?,29-,30+,42+;21-,23+,24-,25?,29+,30-,42+/m10/s1. The van der Waals surface area contributed by atoms with Crippen molar-refractivity contribution in [3.8, 4) is 0 Å². The van der Waals surface area contributed by atoms with Crippen molar-refractivity contribution in [1.29, 1.82) is 0 Å². The predicted molar refractivity (Wildman–Crippen MR) is 309 cm³/mol. The molecule has 0 spiro atoms. The number of imidazole rings is 2. The lowest BCUT2D eigenvalue weighted by Gasteiger charge is -2.31. The molecule has 0 radical (unpaired) electrons. The highest BCUT2D eigenvalue weighted by molar-refractivity contribution is 7.45. The Balaban J connectivity index is 0.000000143. The third-order valence-electron chi connectivity index (χ3n) is 17.7. The van der Waals surface area contributed by atoms with Crippen molar-refractivity contribution in [2.45, 2.75) is 125 Å². The van der Waals surface area contributed by atoms with Crippen LogP contribution in [0.2, 0.25) is 0 Å². The number of carbonyl (C=O) groups is 2. The molecule has 24 heteroatoms. The van der Waals surface area contributed by atoms with E-state index in [0.717, 1.165) is 51.6 Å². The quantitative estimate of drug-likeness (QED) is 0.0966. The van der Waals surface area contributed by atoms with E-state index in [0.29, 0.717) is 70.4 Å². The van der Waals surface area contributed by atoms with Crippen LogP contribution in [-0.4, -0.2) is 134 Å². The minimum absolute atomic E-state index is 0.00659. The molecular weight excluding hydrogens is 1110 g/mol. The number of amides is 2. The van der Waals surface area contributed by atoms with Gasteiger partial charge in [-0.15, -0.1) is 0 Å². The Hall–Kier alpha value is -6.62. The van der Waals surface area contributed by atoms with Crippen LogP contribution in [0.5, 0.6) is 0 Å². The summed E-state index contributed by atoms with van der Waals surface area (Å²) >= 11 is 0. The van der Waals surface area contributed by atoms with Crippen LogP contribution in [0.4, 0.5) is 11.6 Å². The van der Waals surface area contributed by atoms with E-state index in [1.165, 1.54) is 23.8 Å². The van der Waals surface area contributed by atoms with Gasteiger partial charge in [-0.2, -0.15) is 0 Å². The van der Waals surface area contributed by atoms with Crippen LogP contribution in [-0.2, 0) is 37.0 Å². The zero-order chi connectivity index (χ0) is 56.5. The average Bonchev–Trinajstić information content (AvgIpc) is 2.95. The van der Waals surface area contributed by atoms with Crippen LogP contribution in [0, 0.1) is 0 Å². The van der Waals surface area contributed by atoms with Crippen molar-refractivity contribution >= 4 is 62.8 Å². The highest BCUT2D eigenvalue weighted by atomic mass is 31.2. The van der Waals surface area contributed by atoms with E-state index in [1.807, 2.05) is 57.7 Å². The van der Waals surface area contributed by atoms with E-state index in [1.54, 1.807) is 36.9 Å². The number of benzene rings is 4. The number of nitrogens with one attached hydrogen (secondary N) is 2. The molecule has 8 saturated heterocycles. The molecular formula is C60H62N12O10P2. The van der Waals surface area contributed by atoms with Crippen molar-refractivity contribution in [3.63, 3.8) is 0 Å². The summed E-state index contributed by atoms with van der Waals surface area (Å²) < 4.78 is 61.8. The lowest BCUT2D eigenvalue weighted by molar-refractivity contribution is -0.172. The number of carbonyl (C=O) groups excluding carboxylic acids is 2. The van der Waals surface area contributed by atoms with Crippen molar-refractivity contribution in [2.24, 2.45) is 0 Å². The van der Waals surface area contributed by atoms with Crippen LogP contribution >= 0.6 is 17.1 Å². The molecule has 8 aliphatic rings. The van der Waals surface area contributed by atoms with Gasteiger partial charge in [-0.05, 0) is 73.9 Å². The summed E-state index contributed by atoms with van der Waals surface area (Å²) in [6.07, 6.45) is 9.69. The number of aromatic nitrogens is 8. The first-order valence-corrected chi connectivity index (χ1v) is 31.1. The van der Waals surface area contributed by atoms with E-state index in [9.17, 15) is 9.59 Å². The van der Waals surface area contributed by atoms with Crippen LogP contribution < -0.4 is 10.6 Å². The van der Waals surface area contributed by atoms with Gasteiger partial charge in [0.05, 0.1) is 25.9 Å². The van der Waals surface area contributed by atoms with E-state index >= 15 is 0 Å². The lowest BCUT2D eigenvalue weighted by Crippen LogP contribution is -2.41. The fourth-order valence-corrected chi connectivity index (χ4v) is 17.3. The first kappa shape index (κ1) is 54.1. The van der Waals surface area contributed by atoms with Gasteiger partial charge in [0.15, 0.2) is 46.4 Å². The van der Waals surface area contributed by atoms with Crippen LogP contribution in [0.3, 0.4) is 0 Å². The summed E-state index contributed by atoms with van der Waals surface area (Å²) in [4.78, 5) is 52.4. The Bertz CT molecular complexity index is 3450. The fourth-order valence-electron chi connectivity index (χ4n) is 13.3. The highest BCUT2D eigenvalue weighted by Crippen LogP contribution is 2.65. The Morgan fingerprint density at radius 2 is 0.964 bits per heavy atom. The van der Waals surface area contributed by atoms with Gasteiger partial charge in [0.25, 0.3) is 28.9 Å². The zero-order valence-corrected chi connectivity index (χ0v) is 47.9. The van der Waals surface area contributed by atoms with Crippen molar-refractivity contribution in [3.05, 3.63) is 169 Å². The molecule has 4 aromatic heterocycles.